The van der Waals surface area contributed by atoms with Crippen molar-refractivity contribution in [2.75, 3.05) is 0 Å². The van der Waals surface area contributed by atoms with Gasteiger partial charge in [-0.2, -0.15) is 0 Å². The van der Waals surface area contributed by atoms with E-state index in [-0.39, 0.29) is 18.4 Å². The second kappa shape index (κ2) is 4.13. The van der Waals surface area contributed by atoms with E-state index in [1.54, 1.807) is 0 Å². The zero-order valence-corrected chi connectivity index (χ0v) is 8.30. The minimum absolute atomic E-state index is 0.118. The van der Waals surface area contributed by atoms with Crippen molar-refractivity contribution in [1.82, 2.24) is 5.32 Å². The van der Waals surface area contributed by atoms with Crippen LogP contribution >= 0.6 is 0 Å². The van der Waals surface area contributed by atoms with Gasteiger partial charge in [0.05, 0.1) is 5.92 Å². The number of carbonyl (C=O) groups is 1. The molecule has 0 aromatic rings. The Morgan fingerprint density at radius 2 is 2.13 bits per heavy atom. The minimum atomic E-state index is -0.829. The lowest BCUT2D eigenvalue weighted by Crippen LogP contribution is -2.43. The summed E-state index contributed by atoms with van der Waals surface area (Å²) in [5.74, 6) is -2.42. The Morgan fingerprint density at radius 1 is 1.40 bits per heavy atom. The summed E-state index contributed by atoms with van der Waals surface area (Å²) in [5.41, 5.74) is 0. The van der Waals surface area contributed by atoms with Crippen LogP contribution < -0.4 is 5.32 Å². The highest BCUT2D eigenvalue weighted by Crippen LogP contribution is 2.27. The molecule has 2 nitrogen and oxygen atoms in total. The Kier molecular flexibility index (Phi) is 2.84. The maximum atomic E-state index is 13.2. The zero-order valence-electron chi connectivity index (χ0n) is 8.30. The van der Waals surface area contributed by atoms with Gasteiger partial charge in [0, 0.05) is 12.1 Å². The smallest absolute Gasteiger partial charge is 0.230 e. The van der Waals surface area contributed by atoms with Crippen LogP contribution in [0.5, 0.6) is 0 Å². The highest BCUT2D eigenvalue weighted by atomic mass is 19.1. The van der Waals surface area contributed by atoms with Crippen molar-refractivity contribution in [1.29, 1.82) is 0 Å². The quantitative estimate of drug-likeness (QED) is 0.749. The predicted octanol–water partition coefficient (Wildman–Crippen LogP) is 2.38. The molecule has 0 aromatic carbocycles. The summed E-state index contributed by atoms with van der Waals surface area (Å²) in [7, 11) is 0. The molecule has 0 aliphatic heterocycles. The summed E-state index contributed by atoms with van der Waals surface area (Å²) < 4.78 is 25.9. The van der Waals surface area contributed by atoms with Crippen LogP contribution in [-0.4, -0.2) is 11.9 Å². The van der Waals surface area contributed by atoms with Gasteiger partial charge in [0.25, 0.3) is 0 Å². The fraction of sp³-hybridized carbons (Fsp3) is 0.545. The third-order valence-corrected chi connectivity index (χ3v) is 2.93. The van der Waals surface area contributed by atoms with Crippen LogP contribution in [0.1, 0.15) is 25.7 Å². The van der Waals surface area contributed by atoms with E-state index >= 15 is 0 Å². The zero-order chi connectivity index (χ0) is 10.8. The molecule has 1 unspecified atom stereocenters. The maximum absolute atomic E-state index is 13.2. The third-order valence-electron chi connectivity index (χ3n) is 2.93. The van der Waals surface area contributed by atoms with Gasteiger partial charge in [-0.3, -0.25) is 4.79 Å². The van der Waals surface area contributed by atoms with Crippen molar-refractivity contribution in [2.24, 2.45) is 5.92 Å². The Balaban J connectivity index is 1.93. The average Bonchev–Trinajstić information content (AvgIpc) is 2.11. The first-order valence-corrected chi connectivity index (χ1v) is 5.20. The fourth-order valence-corrected chi connectivity index (χ4v) is 1.72. The Hall–Kier alpha value is -1.19. The van der Waals surface area contributed by atoms with Crippen molar-refractivity contribution < 1.29 is 13.6 Å². The van der Waals surface area contributed by atoms with E-state index < -0.39 is 17.6 Å². The Labute approximate surface area is 87.0 Å². The summed E-state index contributed by atoms with van der Waals surface area (Å²) in [4.78, 5) is 11.6. The van der Waals surface area contributed by atoms with E-state index in [4.69, 9.17) is 0 Å². The van der Waals surface area contributed by atoms with Crippen LogP contribution in [0.4, 0.5) is 8.78 Å². The van der Waals surface area contributed by atoms with Crippen molar-refractivity contribution >= 4 is 5.91 Å². The molecule has 1 atom stereocenters. The Bertz CT molecular complexity index is 331. The molecule has 2 rings (SSSR count). The number of amides is 1. The summed E-state index contributed by atoms with van der Waals surface area (Å²) in [6.45, 7) is 0. The lowest BCUT2D eigenvalue weighted by molar-refractivity contribution is -0.125. The molecule has 0 saturated heterocycles. The number of rotatable bonds is 2. The van der Waals surface area contributed by atoms with Gasteiger partial charge in [-0.1, -0.05) is 0 Å². The molecule has 1 N–H and O–H groups in total. The number of nitrogens with one attached hydrogen (secondary N) is 1. The molecule has 0 aromatic heterocycles. The number of allylic oxidation sites excluding steroid dienone is 3. The van der Waals surface area contributed by atoms with Gasteiger partial charge in [0.15, 0.2) is 0 Å². The molecule has 0 bridgehead atoms. The number of hydrogen-bond donors (Lipinski definition) is 1. The molecule has 0 heterocycles. The van der Waals surface area contributed by atoms with Crippen LogP contribution in [-0.2, 0) is 4.79 Å². The van der Waals surface area contributed by atoms with Crippen molar-refractivity contribution in [3.05, 3.63) is 23.8 Å². The Morgan fingerprint density at radius 3 is 2.67 bits per heavy atom. The number of carbonyl (C=O) groups excluding carboxylic acids is 1. The molecule has 1 amide bonds. The molecule has 0 radical (unpaired) electrons. The molecule has 1 saturated carbocycles. The monoisotopic (exact) mass is 213 g/mol. The second-order valence-electron chi connectivity index (χ2n) is 4.04. The van der Waals surface area contributed by atoms with Crippen LogP contribution in [0.2, 0.25) is 0 Å². The summed E-state index contributed by atoms with van der Waals surface area (Å²) in [6.07, 6.45) is 5.19. The van der Waals surface area contributed by atoms with Crippen LogP contribution in [0.25, 0.3) is 0 Å². The van der Waals surface area contributed by atoms with Gasteiger partial charge in [0.1, 0.15) is 11.7 Å². The third kappa shape index (κ3) is 2.25. The molecular formula is C11H13F2NO. The second-order valence-corrected chi connectivity index (χ2v) is 4.04. The van der Waals surface area contributed by atoms with Crippen molar-refractivity contribution in [3.63, 3.8) is 0 Å². The topological polar surface area (TPSA) is 29.1 Å². The molecule has 82 valence electrons. The normalized spacial score (nSPS) is 26.4. The summed E-state index contributed by atoms with van der Waals surface area (Å²) in [6, 6.07) is 0.195. The van der Waals surface area contributed by atoms with Crippen LogP contribution in [0.15, 0.2) is 23.8 Å². The lowest BCUT2D eigenvalue weighted by Gasteiger charge is -2.28. The van der Waals surface area contributed by atoms with Gasteiger partial charge in [-0.15, -0.1) is 0 Å². The average molecular weight is 213 g/mol. The highest BCUT2D eigenvalue weighted by molar-refractivity contribution is 5.82. The molecule has 1 fully saturated rings. The highest BCUT2D eigenvalue weighted by Gasteiger charge is 2.28. The fourth-order valence-electron chi connectivity index (χ4n) is 1.72. The molecule has 2 aliphatic carbocycles. The van der Waals surface area contributed by atoms with E-state index in [0.29, 0.717) is 0 Å². The van der Waals surface area contributed by atoms with E-state index in [0.717, 1.165) is 25.3 Å². The summed E-state index contributed by atoms with van der Waals surface area (Å²) >= 11 is 0. The van der Waals surface area contributed by atoms with Gasteiger partial charge in [0.2, 0.25) is 5.91 Å². The van der Waals surface area contributed by atoms with Crippen LogP contribution in [0, 0.1) is 5.92 Å². The van der Waals surface area contributed by atoms with Crippen molar-refractivity contribution in [3.8, 4) is 0 Å². The first-order valence-electron chi connectivity index (χ1n) is 5.20. The standard InChI is InChI=1S/C11H13F2NO/c12-7-4-5-9(10(13)6-7)11(15)14-8-2-1-3-8/h4,6,8-9H,1-3,5H2,(H,14,15). The predicted molar refractivity (Wildman–Crippen MR) is 52.3 cm³/mol. The summed E-state index contributed by atoms with van der Waals surface area (Å²) in [5, 5.41) is 2.76. The first-order chi connectivity index (χ1) is 7.16. The van der Waals surface area contributed by atoms with E-state index in [1.165, 1.54) is 6.08 Å². The van der Waals surface area contributed by atoms with E-state index in [9.17, 15) is 13.6 Å². The van der Waals surface area contributed by atoms with Gasteiger partial charge in [-0.05, 0) is 31.8 Å². The first kappa shape index (κ1) is 10.3. The number of hydrogen-bond acceptors (Lipinski definition) is 1. The molecular weight excluding hydrogens is 200 g/mol. The molecule has 15 heavy (non-hydrogen) atoms. The molecule has 0 spiro atoms. The largest absolute Gasteiger partial charge is 0.353 e. The maximum Gasteiger partial charge on any atom is 0.230 e. The lowest BCUT2D eigenvalue weighted by atomic mass is 9.91. The van der Waals surface area contributed by atoms with Crippen LogP contribution in [0.3, 0.4) is 0 Å². The molecule has 4 heteroatoms. The van der Waals surface area contributed by atoms with Gasteiger partial charge >= 0.3 is 0 Å². The number of halogens is 2. The SMILES string of the molecule is O=C(NC1CCC1)C1CC=C(F)C=C1F. The van der Waals surface area contributed by atoms with Crippen molar-refractivity contribution in [2.45, 2.75) is 31.7 Å². The van der Waals surface area contributed by atoms with Gasteiger partial charge in [-0.25, -0.2) is 8.78 Å². The minimum Gasteiger partial charge on any atom is -0.353 e. The molecule has 2 aliphatic rings. The van der Waals surface area contributed by atoms with E-state index in [1.807, 2.05) is 0 Å². The van der Waals surface area contributed by atoms with Gasteiger partial charge < -0.3 is 5.32 Å². The van der Waals surface area contributed by atoms with E-state index in [2.05, 4.69) is 5.32 Å².